The summed E-state index contributed by atoms with van der Waals surface area (Å²) in [7, 11) is -1.21. The lowest BCUT2D eigenvalue weighted by Crippen LogP contribution is -2.23. The Hall–Kier alpha value is -2.13. The summed E-state index contributed by atoms with van der Waals surface area (Å²) in [6, 6.07) is 7.51. The standard InChI is InChI=1S/C16H14Cl2N2O5S/c1-20(2)26(24,25)14-7-11(12(17)8-13(14)18)15(21)19-10-5-3-9(4-6-10)16(22)23/h3-8H,1-2H3,(H,19,21)(H,22,23)/p-1. The molecule has 0 aliphatic rings. The number of hydrogen-bond donors (Lipinski definition) is 1. The molecule has 0 radical (unpaired) electrons. The molecule has 0 fully saturated rings. The summed E-state index contributed by atoms with van der Waals surface area (Å²) < 4.78 is 25.6. The van der Waals surface area contributed by atoms with Gasteiger partial charge in [0.1, 0.15) is 4.90 Å². The van der Waals surface area contributed by atoms with Gasteiger partial charge in [0, 0.05) is 19.8 Å². The number of carboxylic acid groups (broad SMARTS) is 1. The van der Waals surface area contributed by atoms with E-state index in [-0.39, 0.29) is 26.1 Å². The van der Waals surface area contributed by atoms with Crippen LogP contribution in [0.15, 0.2) is 41.3 Å². The fourth-order valence-electron chi connectivity index (χ4n) is 1.99. The number of carbonyl (C=O) groups excluding carboxylic acids is 2. The van der Waals surface area contributed by atoms with Crippen LogP contribution in [-0.2, 0) is 10.0 Å². The van der Waals surface area contributed by atoms with Gasteiger partial charge in [-0.1, -0.05) is 35.3 Å². The first kappa shape index (κ1) is 20.2. The van der Waals surface area contributed by atoms with Crippen molar-refractivity contribution in [1.29, 1.82) is 0 Å². The molecule has 26 heavy (non-hydrogen) atoms. The third-order valence-electron chi connectivity index (χ3n) is 3.40. The van der Waals surface area contributed by atoms with Gasteiger partial charge >= 0.3 is 0 Å². The number of hydrogen-bond acceptors (Lipinski definition) is 5. The minimum atomic E-state index is -3.88. The monoisotopic (exact) mass is 415 g/mol. The van der Waals surface area contributed by atoms with Gasteiger partial charge in [-0.05, 0) is 29.8 Å². The van der Waals surface area contributed by atoms with E-state index in [9.17, 15) is 23.1 Å². The molecule has 10 heteroatoms. The SMILES string of the molecule is CN(C)S(=O)(=O)c1cc(C(=O)Nc2ccc(C(=O)[O-])cc2)c(Cl)cc1Cl. The van der Waals surface area contributed by atoms with Crippen LogP contribution in [0.1, 0.15) is 20.7 Å². The van der Waals surface area contributed by atoms with Crippen molar-refractivity contribution in [1.82, 2.24) is 4.31 Å². The molecule has 0 saturated heterocycles. The summed E-state index contributed by atoms with van der Waals surface area (Å²) in [6.45, 7) is 0. The Balaban J connectivity index is 2.38. The van der Waals surface area contributed by atoms with Gasteiger partial charge in [-0.15, -0.1) is 0 Å². The normalized spacial score (nSPS) is 11.4. The van der Waals surface area contributed by atoms with Crippen LogP contribution in [0.4, 0.5) is 5.69 Å². The van der Waals surface area contributed by atoms with Gasteiger partial charge in [0.15, 0.2) is 0 Å². The molecule has 138 valence electrons. The Morgan fingerprint density at radius 1 is 1.04 bits per heavy atom. The van der Waals surface area contributed by atoms with E-state index >= 15 is 0 Å². The van der Waals surface area contributed by atoms with Gasteiger partial charge < -0.3 is 15.2 Å². The third kappa shape index (κ3) is 4.16. The molecule has 0 bridgehead atoms. The summed E-state index contributed by atoms with van der Waals surface area (Å²) >= 11 is 12.0. The summed E-state index contributed by atoms with van der Waals surface area (Å²) in [5, 5.41) is 13.1. The molecule has 0 spiro atoms. The number of anilines is 1. The highest BCUT2D eigenvalue weighted by Gasteiger charge is 2.24. The van der Waals surface area contributed by atoms with Crippen molar-refractivity contribution in [3.8, 4) is 0 Å². The van der Waals surface area contributed by atoms with Crippen LogP contribution in [0.2, 0.25) is 10.0 Å². The second-order valence-electron chi connectivity index (χ2n) is 5.37. The lowest BCUT2D eigenvalue weighted by atomic mass is 10.2. The Bertz CT molecular complexity index is 973. The molecule has 2 aromatic rings. The number of carboxylic acids is 1. The van der Waals surface area contributed by atoms with Crippen molar-refractivity contribution in [2.45, 2.75) is 4.90 Å². The summed E-state index contributed by atoms with van der Waals surface area (Å²) in [5.74, 6) is -2.02. The number of carbonyl (C=O) groups is 2. The Morgan fingerprint density at radius 2 is 1.62 bits per heavy atom. The smallest absolute Gasteiger partial charge is 0.257 e. The van der Waals surface area contributed by atoms with Crippen LogP contribution >= 0.6 is 23.2 Å². The zero-order valence-corrected chi connectivity index (χ0v) is 15.9. The zero-order chi connectivity index (χ0) is 19.6. The molecule has 2 rings (SSSR count). The van der Waals surface area contributed by atoms with Crippen LogP contribution < -0.4 is 10.4 Å². The van der Waals surface area contributed by atoms with Crippen molar-refractivity contribution in [2.75, 3.05) is 19.4 Å². The maximum Gasteiger partial charge on any atom is 0.257 e. The number of rotatable bonds is 5. The topological polar surface area (TPSA) is 107 Å². The summed E-state index contributed by atoms with van der Waals surface area (Å²) in [4.78, 5) is 22.9. The number of halogens is 2. The first-order valence-electron chi connectivity index (χ1n) is 7.08. The zero-order valence-electron chi connectivity index (χ0n) is 13.6. The van der Waals surface area contributed by atoms with E-state index in [1.54, 1.807) is 0 Å². The van der Waals surface area contributed by atoms with E-state index in [4.69, 9.17) is 23.2 Å². The predicted molar refractivity (Wildman–Crippen MR) is 96.1 cm³/mol. The molecule has 1 N–H and O–H groups in total. The van der Waals surface area contributed by atoms with Crippen molar-refractivity contribution >= 4 is 50.8 Å². The molecular weight excluding hydrogens is 403 g/mol. The maximum atomic E-state index is 12.4. The molecule has 0 aromatic heterocycles. The second kappa shape index (κ2) is 7.63. The molecular formula is C16H13Cl2N2O5S-. The van der Waals surface area contributed by atoms with E-state index in [0.717, 1.165) is 10.4 Å². The quantitative estimate of drug-likeness (QED) is 0.801. The first-order valence-corrected chi connectivity index (χ1v) is 9.28. The first-order chi connectivity index (χ1) is 12.0. The minimum absolute atomic E-state index is 0.0310. The van der Waals surface area contributed by atoms with Crippen molar-refractivity contribution in [3.63, 3.8) is 0 Å². The largest absolute Gasteiger partial charge is 0.545 e. The number of amides is 1. The van der Waals surface area contributed by atoms with Gasteiger partial charge in [-0.25, -0.2) is 12.7 Å². The van der Waals surface area contributed by atoms with Crippen LogP contribution in [0.3, 0.4) is 0 Å². The second-order valence-corrected chi connectivity index (χ2v) is 8.30. The molecule has 0 aliphatic carbocycles. The molecule has 0 heterocycles. The lowest BCUT2D eigenvalue weighted by molar-refractivity contribution is -0.255. The van der Waals surface area contributed by atoms with Crippen LogP contribution in [0.5, 0.6) is 0 Å². The van der Waals surface area contributed by atoms with Gasteiger partial charge in [-0.3, -0.25) is 4.79 Å². The molecule has 2 aromatic carbocycles. The maximum absolute atomic E-state index is 12.4. The Kier molecular flexibility index (Phi) is 5.92. The molecule has 7 nitrogen and oxygen atoms in total. The molecule has 0 saturated carbocycles. The van der Waals surface area contributed by atoms with E-state index < -0.39 is 21.9 Å². The highest BCUT2D eigenvalue weighted by Crippen LogP contribution is 2.30. The fraction of sp³-hybridized carbons (Fsp3) is 0.125. The van der Waals surface area contributed by atoms with Gasteiger partial charge in [0.2, 0.25) is 10.0 Å². The van der Waals surface area contributed by atoms with Crippen LogP contribution in [-0.4, -0.2) is 38.7 Å². The van der Waals surface area contributed by atoms with Crippen molar-refractivity contribution in [3.05, 3.63) is 57.6 Å². The average molecular weight is 416 g/mol. The molecule has 1 amide bonds. The van der Waals surface area contributed by atoms with E-state index in [2.05, 4.69) is 5.32 Å². The van der Waals surface area contributed by atoms with Crippen LogP contribution in [0.25, 0.3) is 0 Å². The van der Waals surface area contributed by atoms with Gasteiger partial charge in [-0.2, -0.15) is 0 Å². The Morgan fingerprint density at radius 3 is 2.12 bits per heavy atom. The van der Waals surface area contributed by atoms with E-state index in [0.29, 0.717) is 5.69 Å². The fourth-order valence-corrected chi connectivity index (χ4v) is 3.71. The Labute approximate surface area is 160 Å². The van der Waals surface area contributed by atoms with Gasteiger partial charge in [0.25, 0.3) is 5.91 Å². The predicted octanol–water partition coefficient (Wildman–Crippen LogP) is 1.86. The minimum Gasteiger partial charge on any atom is -0.545 e. The van der Waals surface area contributed by atoms with Gasteiger partial charge in [0.05, 0.1) is 21.6 Å². The number of nitrogens with zero attached hydrogens (tertiary/aromatic N) is 1. The summed E-state index contributed by atoms with van der Waals surface area (Å²) in [6.07, 6.45) is 0. The number of nitrogens with one attached hydrogen (secondary N) is 1. The molecule has 0 unspecified atom stereocenters. The average Bonchev–Trinajstić information content (AvgIpc) is 2.54. The van der Waals surface area contributed by atoms with Crippen molar-refractivity contribution in [2.24, 2.45) is 0 Å². The summed E-state index contributed by atoms with van der Waals surface area (Å²) in [5.41, 5.74) is 0.149. The van der Waals surface area contributed by atoms with E-state index in [1.165, 1.54) is 44.4 Å². The van der Waals surface area contributed by atoms with E-state index in [1.807, 2.05) is 0 Å². The lowest BCUT2D eigenvalue weighted by Gasteiger charge is -2.15. The van der Waals surface area contributed by atoms with Crippen LogP contribution in [0, 0.1) is 0 Å². The highest BCUT2D eigenvalue weighted by atomic mass is 35.5. The highest BCUT2D eigenvalue weighted by molar-refractivity contribution is 7.89. The number of aromatic carboxylic acids is 1. The number of benzene rings is 2. The van der Waals surface area contributed by atoms with Crippen molar-refractivity contribution < 1.29 is 23.1 Å². The third-order valence-corrected chi connectivity index (χ3v) is 6.00. The molecule has 0 atom stereocenters. The molecule has 0 aliphatic heterocycles. The number of sulfonamides is 1.